The molecule has 74 valence electrons. The smallest absolute Gasteiger partial charge is 0.141 e. The normalized spacial score (nSPS) is 11.9. The molecular weight excluding hydrogens is 240 g/mol. The van der Waals surface area contributed by atoms with E-state index in [-0.39, 0.29) is 6.04 Å². The van der Waals surface area contributed by atoms with Gasteiger partial charge in [-0.2, -0.15) is 0 Å². The Labute approximate surface area is 93.3 Å². The van der Waals surface area contributed by atoms with E-state index >= 15 is 0 Å². The Morgan fingerprint density at radius 1 is 1.71 bits per heavy atom. The zero-order valence-corrected chi connectivity index (χ0v) is 9.93. The third-order valence-corrected chi connectivity index (χ3v) is 2.50. The van der Waals surface area contributed by atoms with Gasteiger partial charge in [-0.1, -0.05) is 12.8 Å². The van der Waals surface area contributed by atoms with Crippen LogP contribution in [0.1, 0.15) is 18.9 Å². The van der Waals surface area contributed by atoms with Crippen LogP contribution in [0.2, 0.25) is 0 Å². The lowest BCUT2D eigenvalue weighted by atomic mass is 10.2. The van der Waals surface area contributed by atoms with E-state index in [0.717, 1.165) is 22.3 Å². The van der Waals surface area contributed by atoms with Crippen molar-refractivity contribution in [3.63, 3.8) is 0 Å². The number of aromatic nitrogens is 1. The molecule has 0 saturated heterocycles. The fraction of sp³-hybridized carbons (Fsp3) is 0.364. The van der Waals surface area contributed by atoms with Gasteiger partial charge in [-0.3, -0.25) is 0 Å². The molecule has 0 aliphatic heterocycles. The number of nitrogens with one attached hydrogen (secondary N) is 1. The second kappa shape index (κ2) is 5.02. The number of halogens is 1. The number of hydrogen-bond acceptors (Lipinski definition) is 2. The second-order valence-electron chi connectivity index (χ2n) is 3.11. The lowest BCUT2D eigenvalue weighted by molar-refractivity contribution is 0.849. The van der Waals surface area contributed by atoms with Crippen molar-refractivity contribution in [2.75, 3.05) is 5.32 Å². The van der Waals surface area contributed by atoms with Gasteiger partial charge in [-0.05, 0) is 40.9 Å². The van der Waals surface area contributed by atoms with Crippen molar-refractivity contribution in [3.8, 4) is 12.3 Å². The van der Waals surface area contributed by atoms with Crippen molar-refractivity contribution in [1.82, 2.24) is 4.98 Å². The van der Waals surface area contributed by atoms with Crippen molar-refractivity contribution in [3.05, 3.63) is 22.3 Å². The number of aryl methyl sites for hydroxylation is 1. The quantitative estimate of drug-likeness (QED) is 0.837. The monoisotopic (exact) mass is 252 g/mol. The van der Waals surface area contributed by atoms with Crippen LogP contribution in [0, 0.1) is 19.3 Å². The van der Waals surface area contributed by atoms with Crippen LogP contribution in [-0.4, -0.2) is 11.0 Å². The van der Waals surface area contributed by atoms with Crippen molar-refractivity contribution in [2.45, 2.75) is 26.3 Å². The first kappa shape index (κ1) is 11.1. The number of anilines is 1. The predicted molar refractivity (Wildman–Crippen MR) is 63.2 cm³/mol. The molecule has 0 bridgehead atoms. The summed E-state index contributed by atoms with van der Waals surface area (Å²) in [5.41, 5.74) is 1.12. The van der Waals surface area contributed by atoms with Gasteiger partial charge in [0.2, 0.25) is 0 Å². The molecule has 0 spiro atoms. The summed E-state index contributed by atoms with van der Waals surface area (Å²) in [7, 11) is 0. The molecule has 0 aromatic carbocycles. The van der Waals surface area contributed by atoms with Gasteiger partial charge in [0.15, 0.2) is 0 Å². The van der Waals surface area contributed by atoms with E-state index in [1.54, 1.807) is 0 Å². The molecule has 1 heterocycles. The molecule has 1 rings (SSSR count). The zero-order chi connectivity index (χ0) is 10.6. The molecule has 0 aliphatic rings. The molecule has 14 heavy (non-hydrogen) atoms. The topological polar surface area (TPSA) is 24.9 Å². The van der Waals surface area contributed by atoms with Crippen molar-refractivity contribution >= 4 is 21.7 Å². The van der Waals surface area contributed by atoms with E-state index in [9.17, 15) is 0 Å². The Hall–Kier alpha value is -1.01. The van der Waals surface area contributed by atoms with Gasteiger partial charge in [0.25, 0.3) is 0 Å². The van der Waals surface area contributed by atoms with Crippen LogP contribution in [0.3, 0.4) is 0 Å². The maximum atomic E-state index is 5.36. The highest BCUT2D eigenvalue weighted by molar-refractivity contribution is 9.10. The Balaban J connectivity index is 2.82. The zero-order valence-electron chi connectivity index (χ0n) is 8.34. The maximum absolute atomic E-state index is 5.36. The van der Waals surface area contributed by atoms with Crippen LogP contribution in [0.15, 0.2) is 16.7 Å². The molecule has 0 amide bonds. The minimum absolute atomic E-state index is 0.0431. The summed E-state index contributed by atoms with van der Waals surface area (Å²) < 4.78 is 0.950. The van der Waals surface area contributed by atoms with Crippen molar-refractivity contribution in [1.29, 1.82) is 0 Å². The van der Waals surface area contributed by atoms with E-state index in [2.05, 4.69) is 32.2 Å². The number of terminal acetylenes is 1. The van der Waals surface area contributed by atoms with E-state index in [0.29, 0.717) is 0 Å². The van der Waals surface area contributed by atoms with Crippen LogP contribution in [0.4, 0.5) is 5.82 Å². The molecule has 1 unspecified atom stereocenters. The Morgan fingerprint density at radius 2 is 2.43 bits per heavy atom. The molecule has 1 atom stereocenters. The first-order chi connectivity index (χ1) is 6.67. The van der Waals surface area contributed by atoms with Gasteiger partial charge in [-0.25, -0.2) is 4.98 Å². The average molecular weight is 253 g/mol. The van der Waals surface area contributed by atoms with Gasteiger partial charge >= 0.3 is 0 Å². The molecule has 0 fully saturated rings. The highest BCUT2D eigenvalue weighted by Gasteiger charge is 2.05. The molecular formula is C11H13BrN2. The molecule has 1 aromatic rings. The van der Waals surface area contributed by atoms with Crippen LogP contribution in [0.5, 0.6) is 0 Å². The third-order valence-electron chi connectivity index (χ3n) is 1.90. The number of rotatable bonds is 3. The van der Waals surface area contributed by atoms with Gasteiger partial charge in [-0.15, -0.1) is 6.42 Å². The van der Waals surface area contributed by atoms with Gasteiger partial charge in [0, 0.05) is 6.20 Å². The summed E-state index contributed by atoms with van der Waals surface area (Å²) in [5.74, 6) is 3.48. The van der Waals surface area contributed by atoms with E-state index in [1.807, 2.05) is 26.1 Å². The number of nitrogens with zero attached hydrogens (tertiary/aromatic N) is 1. The molecule has 1 aromatic heterocycles. The average Bonchev–Trinajstić information content (AvgIpc) is 2.17. The van der Waals surface area contributed by atoms with Crippen LogP contribution in [0.25, 0.3) is 0 Å². The van der Waals surface area contributed by atoms with Crippen LogP contribution in [-0.2, 0) is 0 Å². The second-order valence-corrected chi connectivity index (χ2v) is 3.97. The Bertz CT molecular complexity index is 355. The van der Waals surface area contributed by atoms with E-state index in [4.69, 9.17) is 6.42 Å². The molecule has 0 radical (unpaired) electrons. The van der Waals surface area contributed by atoms with Gasteiger partial charge in [0.1, 0.15) is 5.82 Å². The maximum Gasteiger partial charge on any atom is 0.141 e. The lowest BCUT2D eigenvalue weighted by Crippen LogP contribution is -2.16. The highest BCUT2D eigenvalue weighted by atomic mass is 79.9. The summed E-state index contributed by atoms with van der Waals surface area (Å²) in [5, 5.41) is 3.18. The predicted octanol–water partition coefficient (Wildman–Crippen LogP) is 2.98. The highest BCUT2D eigenvalue weighted by Crippen LogP contribution is 2.21. The first-order valence-electron chi connectivity index (χ1n) is 4.52. The van der Waals surface area contributed by atoms with Crippen molar-refractivity contribution in [2.24, 2.45) is 0 Å². The lowest BCUT2D eigenvalue weighted by Gasteiger charge is -2.12. The van der Waals surface area contributed by atoms with E-state index < -0.39 is 0 Å². The van der Waals surface area contributed by atoms with E-state index in [1.165, 1.54) is 0 Å². The summed E-state index contributed by atoms with van der Waals surface area (Å²) in [6, 6.07) is 2.06. The molecule has 1 N–H and O–H groups in total. The summed E-state index contributed by atoms with van der Waals surface area (Å²) in [6.45, 7) is 4.04. The summed E-state index contributed by atoms with van der Waals surface area (Å²) in [4.78, 5) is 4.26. The molecule has 0 saturated carbocycles. The van der Waals surface area contributed by atoms with Crippen LogP contribution >= 0.6 is 15.9 Å². The van der Waals surface area contributed by atoms with Crippen LogP contribution < -0.4 is 5.32 Å². The standard InChI is InChI=1S/C11H13BrN2/c1-4-9(5-2)14-11-10(12)6-8(3)7-13-11/h1,6-7,9H,5H2,2-3H3,(H,13,14). The molecule has 3 heteroatoms. The SMILES string of the molecule is C#CC(CC)Nc1ncc(C)cc1Br. The summed E-state index contributed by atoms with van der Waals surface area (Å²) >= 11 is 3.44. The van der Waals surface area contributed by atoms with Crippen molar-refractivity contribution < 1.29 is 0 Å². The first-order valence-corrected chi connectivity index (χ1v) is 5.31. The Morgan fingerprint density at radius 3 is 2.93 bits per heavy atom. The minimum Gasteiger partial charge on any atom is -0.356 e. The fourth-order valence-corrected chi connectivity index (χ4v) is 1.64. The molecule has 0 aliphatic carbocycles. The molecule has 2 nitrogen and oxygen atoms in total. The Kier molecular flexibility index (Phi) is 3.97. The third kappa shape index (κ3) is 2.74. The van der Waals surface area contributed by atoms with Gasteiger partial charge in [0.05, 0.1) is 10.5 Å². The van der Waals surface area contributed by atoms with Gasteiger partial charge < -0.3 is 5.32 Å². The number of pyridine rings is 1. The fourth-order valence-electron chi connectivity index (χ4n) is 1.07. The largest absolute Gasteiger partial charge is 0.356 e. The summed E-state index contributed by atoms with van der Waals surface area (Å²) in [6.07, 6.45) is 8.06. The number of hydrogen-bond donors (Lipinski definition) is 1. The minimum atomic E-state index is 0.0431.